The Hall–Kier alpha value is -0.610. The van der Waals surface area contributed by atoms with Crippen LogP contribution in [-0.2, 0) is 6.42 Å². The summed E-state index contributed by atoms with van der Waals surface area (Å²) in [7, 11) is 0. The zero-order valence-electron chi connectivity index (χ0n) is 8.48. The van der Waals surface area contributed by atoms with E-state index >= 15 is 0 Å². The number of hydrogen-bond acceptors (Lipinski definition) is 2. The zero-order chi connectivity index (χ0) is 11.2. The molecule has 0 bridgehead atoms. The van der Waals surface area contributed by atoms with Crippen LogP contribution in [0.2, 0.25) is 0 Å². The van der Waals surface area contributed by atoms with Crippen LogP contribution >= 0.6 is 15.9 Å². The summed E-state index contributed by atoms with van der Waals surface area (Å²) in [6, 6.07) is 1.28. The third kappa shape index (κ3) is 2.01. The monoisotopic (exact) mass is 273 g/mol. The molecule has 1 fully saturated rings. The molecule has 1 aliphatic carbocycles. The summed E-state index contributed by atoms with van der Waals surface area (Å²) in [6.45, 7) is 1.85. The molecule has 0 saturated heterocycles. The van der Waals surface area contributed by atoms with Crippen molar-refractivity contribution in [2.75, 3.05) is 0 Å². The first-order valence-corrected chi connectivity index (χ1v) is 5.67. The lowest BCUT2D eigenvalue weighted by atomic mass is 9.99. The van der Waals surface area contributed by atoms with E-state index in [0.29, 0.717) is 16.5 Å². The first-order valence-electron chi connectivity index (χ1n) is 4.88. The molecule has 2 rings (SSSR count). The topological polar surface area (TPSA) is 46.2 Å². The molecule has 0 spiro atoms. The molecule has 0 aromatic heterocycles. The third-order valence-corrected chi connectivity index (χ3v) is 3.82. The highest BCUT2D eigenvalue weighted by molar-refractivity contribution is 9.10. The van der Waals surface area contributed by atoms with Gasteiger partial charge < -0.3 is 10.8 Å². The van der Waals surface area contributed by atoms with Crippen LogP contribution in [0.1, 0.15) is 24.0 Å². The molecule has 1 saturated carbocycles. The normalized spacial score (nSPS) is 17.9. The predicted octanol–water partition coefficient (Wildman–Crippen LogP) is 2.64. The van der Waals surface area contributed by atoms with Gasteiger partial charge in [-0.25, -0.2) is 4.39 Å². The Kier molecular flexibility index (Phi) is 2.51. The average molecular weight is 274 g/mol. The molecule has 2 nitrogen and oxygen atoms in total. The quantitative estimate of drug-likeness (QED) is 0.870. The largest absolute Gasteiger partial charge is 0.505 e. The van der Waals surface area contributed by atoms with Crippen LogP contribution in [0.3, 0.4) is 0 Å². The van der Waals surface area contributed by atoms with Gasteiger partial charge in [0, 0.05) is 15.6 Å². The van der Waals surface area contributed by atoms with Crippen molar-refractivity contribution < 1.29 is 9.50 Å². The molecular weight excluding hydrogens is 261 g/mol. The van der Waals surface area contributed by atoms with Crippen LogP contribution in [0.15, 0.2) is 10.5 Å². The first kappa shape index (κ1) is 10.9. The molecule has 1 aliphatic rings. The van der Waals surface area contributed by atoms with E-state index in [0.717, 1.165) is 18.4 Å². The Morgan fingerprint density at radius 2 is 2.20 bits per heavy atom. The van der Waals surface area contributed by atoms with Gasteiger partial charge in [-0.15, -0.1) is 0 Å². The number of halogens is 2. The van der Waals surface area contributed by atoms with Gasteiger partial charge in [-0.2, -0.15) is 0 Å². The highest BCUT2D eigenvalue weighted by Crippen LogP contribution is 2.40. The summed E-state index contributed by atoms with van der Waals surface area (Å²) >= 11 is 3.27. The Labute approximate surface area is 96.4 Å². The summed E-state index contributed by atoms with van der Waals surface area (Å²) in [5.41, 5.74) is 7.23. The van der Waals surface area contributed by atoms with E-state index in [9.17, 15) is 9.50 Å². The number of hydrogen-bond donors (Lipinski definition) is 2. The second kappa shape index (κ2) is 3.46. The van der Waals surface area contributed by atoms with E-state index in [-0.39, 0.29) is 11.3 Å². The summed E-state index contributed by atoms with van der Waals surface area (Å²) in [4.78, 5) is 0. The molecule has 82 valence electrons. The number of phenolic OH excluding ortho intramolecular Hbond substituents is 1. The van der Waals surface area contributed by atoms with Crippen molar-refractivity contribution >= 4 is 15.9 Å². The Morgan fingerprint density at radius 3 is 2.73 bits per heavy atom. The van der Waals surface area contributed by atoms with Crippen molar-refractivity contribution in [2.24, 2.45) is 5.73 Å². The maximum absolute atomic E-state index is 13.3. The van der Waals surface area contributed by atoms with E-state index in [1.807, 2.05) is 6.92 Å². The number of phenols is 1. The molecule has 0 amide bonds. The lowest BCUT2D eigenvalue weighted by Gasteiger charge is -2.14. The Balaban J connectivity index is 2.44. The maximum Gasteiger partial charge on any atom is 0.166 e. The number of benzene rings is 1. The van der Waals surface area contributed by atoms with Crippen LogP contribution in [0.4, 0.5) is 4.39 Å². The summed E-state index contributed by atoms with van der Waals surface area (Å²) in [5.74, 6) is -0.848. The molecule has 1 aromatic carbocycles. The van der Waals surface area contributed by atoms with Crippen molar-refractivity contribution in [2.45, 2.75) is 31.7 Å². The van der Waals surface area contributed by atoms with Crippen LogP contribution in [-0.4, -0.2) is 10.6 Å². The minimum Gasteiger partial charge on any atom is -0.505 e. The first-order chi connectivity index (χ1) is 6.93. The molecular formula is C11H13BrFNO. The third-order valence-electron chi connectivity index (χ3n) is 3.00. The smallest absolute Gasteiger partial charge is 0.166 e. The number of rotatable bonds is 2. The minimum atomic E-state index is -0.591. The van der Waals surface area contributed by atoms with Gasteiger partial charge in [-0.3, -0.25) is 0 Å². The van der Waals surface area contributed by atoms with Gasteiger partial charge in [-0.05, 0) is 37.8 Å². The van der Waals surface area contributed by atoms with Gasteiger partial charge in [0.1, 0.15) is 0 Å². The van der Waals surface area contributed by atoms with Crippen LogP contribution in [0.5, 0.6) is 5.75 Å². The molecule has 0 heterocycles. The molecule has 0 radical (unpaired) electrons. The highest BCUT2D eigenvalue weighted by atomic mass is 79.9. The van der Waals surface area contributed by atoms with Gasteiger partial charge in [0.05, 0.1) is 0 Å². The zero-order valence-corrected chi connectivity index (χ0v) is 10.1. The lowest BCUT2D eigenvalue weighted by molar-refractivity contribution is 0.421. The van der Waals surface area contributed by atoms with Gasteiger partial charge in [-0.1, -0.05) is 15.9 Å². The van der Waals surface area contributed by atoms with E-state index in [1.165, 1.54) is 6.07 Å². The standard InChI is InChI=1S/C11H13BrFNO/c1-6-7(5-11(14)2-3-11)10(15)9(13)4-8(6)12/h4,15H,2-3,5,14H2,1H3. The average Bonchev–Trinajstić information content (AvgIpc) is 2.89. The van der Waals surface area contributed by atoms with Gasteiger partial charge in [0.15, 0.2) is 11.6 Å². The summed E-state index contributed by atoms with van der Waals surface area (Å²) < 4.78 is 14.0. The predicted molar refractivity (Wildman–Crippen MR) is 60.4 cm³/mol. The fourth-order valence-electron chi connectivity index (χ4n) is 1.66. The molecule has 3 N–H and O–H groups in total. The minimum absolute atomic E-state index is 0.227. The fourth-order valence-corrected chi connectivity index (χ4v) is 2.10. The maximum atomic E-state index is 13.3. The van der Waals surface area contributed by atoms with Crippen LogP contribution in [0.25, 0.3) is 0 Å². The van der Waals surface area contributed by atoms with Crippen molar-refractivity contribution in [3.8, 4) is 5.75 Å². The molecule has 1 aromatic rings. The van der Waals surface area contributed by atoms with Crippen molar-refractivity contribution in [3.63, 3.8) is 0 Å². The number of nitrogens with two attached hydrogens (primary N) is 1. The van der Waals surface area contributed by atoms with Crippen LogP contribution in [0, 0.1) is 12.7 Å². The van der Waals surface area contributed by atoms with Crippen molar-refractivity contribution in [1.82, 2.24) is 0 Å². The van der Waals surface area contributed by atoms with E-state index < -0.39 is 5.82 Å². The Morgan fingerprint density at radius 1 is 1.60 bits per heavy atom. The second-order valence-electron chi connectivity index (χ2n) is 4.33. The SMILES string of the molecule is Cc1c(Br)cc(F)c(O)c1CC1(N)CC1. The van der Waals surface area contributed by atoms with E-state index in [2.05, 4.69) is 15.9 Å². The molecule has 0 unspecified atom stereocenters. The second-order valence-corrected chi connectivity index (χ2v) is 5.19. The molecule has 0 atom stereocenters. The number of aromatic hydroxyl groups is 1. The summed E-state index contributed by atoms with van der Waals surface area (Å²) in [6.07, 6.45) is 2.43. The van der Waals surface area contributed by atoms with Gasteiger partial charge >= 0.3 is 0 Å². The van der Waals surface area contributed by atoms with Crippen LogP contribution < -0.4 is 5.73 Å². The van der Waals surface area contributed by atoms with Gasteiger partial charge in [0.25, 0.3) is 0 Å². The Bertz CT molecular complexity index is 389. The lowest BCUT2D eigenvalue weighted by Crippen LogP contribution is -2.25. The molecule has 15 heavy (non-hydrogen) atoms. The van der Waals surface area contributed by atoms with E-state index in [1.54, 1.807) is 0 Å². The van der Waals surface area contributed by atoms with Crippen molar-refractivity contribution in [1.29, 1.82) is 0 Å². The van der Waals surface area contributed by atoms with Crippen molar-refractivity contribution in [3.05, 3.63) is 27.5 Å². The highest BCUT2D eigenvalue weighted by Gasteiger charge is 2.39. The molecule has 0 aliphatic heterocycles. The van der Waals surface area contributed by atoms with E-state index in [4.69, 9.17) is 5.73 Å². The summed E-state index contributed by atoms with van der Waals surface area (Å²) in [5, 5.41) is 9.64. The van der Waals surface area contributed by atoms with Gasteiger partial charge in [0.2, 0.25) is 0 Å². The fraction of sp³-hybridized carbons (Fsp3) is 0.455. The molecule has 4 heteroatoms.